The predicted octanol–water partition coefficient (Wildman–Crippen LogP) is 1.50. The van der Waals surface area contributed by atoms with Gasteiger partial charge in [0.05, 0.1) is 65.6 Å². The molecule has 0 amide bonds. The summed E-state index contributed by atoms with van der Waals surface area (Å²) in [4.78, 5) is 0. The molecule has 19 heavy (non-hydrogen) atoms. The molecule has 0 spiro atoms. The van der Waals surface area contributed by atoms with Gasteiger partial charge in [-0.05, 0) is 5.41 Å². The molecule has 0 aromatic carbocycles. The first kappa shape index (κ1) is 16.9. The van der Waals surface area contributed by atoms with Crippen LogP contribution in [0.15, 0.2) is 0 Å². The standard InChI is InChI=1S/C14H28O5/c1-14(2,3)13-12-18-9-8-16-5-4-15-6-7-17-10-11-19-13/h13H,4-12H2,1-3H3. The fourth-order valence-corrected chi connectivity index (χ4v) is 1.65. The van der Waals surface area contributed by atoms with Crippen LogP contribution in [-0.2, 0) is 23.7 Å². The molecule has 1 aliphatic heterocycles. The van der Waals surface area contributed by atoms with Gasteiger partial charge in [0, 0.05) is 0 Å². The number of hydrogen-bond donors (Lipinski definition) is 0. The van der Waals surface area contributed by atoms with Gasteiger partial charge in [0.1, 0.15) is 0 Å². The number of ether oxygens (including phenoxy) is 5. The molecule has 114 valence electrons. The summed E-state index contributed by atoms with van der Waals surface area (Å²) in [5, 5.41) is 0. The summed E-state index contributed by atoms with van der Waals surface area (Å²) in [6, 6.07) is 0. The smallest absolute Gasteiger partial charge is 0.0857 e. The molecule has 1 unspecified atom stereocenters. The maximum Gasteiger partial charge on any atom is 0.0857 e. The van der Waals surface area contributed by atoms with Crippen LogP contribution in [0.4, 0.5) is 0 Å². The molecule has 1 fully saturated rings. The zero-order valence-electron chi connectivity index (χ0n) is 12.5. The lowest BCUT2D eigenvalue weighted by Gasteiger charge is -2.30. The second-order valence-corrected chi connectivity index (χ2v) is 5.64. The largest absolute Gasteiger partial charge is 0.377 e. The Kier molecular flexibility index (Phi) is 8.57. The van der Waals surface area contributed by atoms with Crippen LogP contribution in [0.2, 0.25) is 0 Å². The van der Waals surface area contributed by atoms with Crippen LogP contribution in [0.1, 0.15) is 20.8 Å². The minimum atomic E-state index is 0.0535. The van der Waals surface area contributed by atoms with Gasteiger partial charge in [-0.1, -0.05) is 20.8 Å². The summed E-state index contributed by atoms with van der Waals surface area (Å²) in [6.07, 6.45) is 0.0671. The van der Waals surface area contributed by atoms with E-state index in [2.05, 4.69) is 20.8 Å². The van der Waals surface area contributed by atoms with Crippen LogP contribution >= 0.6 is 0 Å². The molecule has 1 aliphatic rings. The topological polar surface area (TPSA) is 46.2 Å². The van der Waals surface area contributed by atoms with Crippen LogP contribution < -0.4 is 0 Å². The summed E-state index contributed by atoms with van der Waals surface area (Å²) in [7, 11) is 0. The van der Waals surface area contributed by atoms with Crippen molar-refractivity contribution in [3.8, 4) is 0 Å². The Morgan fingerprint density at radius 3 is 1.53 bits per heavy atom. The minimum absolute atomic E-state index is 0.0535. The maximum absolute atomic E-state index is 5.85. The quantitative estimate of drug-likeness (QED) is 0.671. The third-order valence-corrected chi connectivity index (χ3v) is 2.90. The molecule has 0 aromatic heterocycles. The monoisotopic (exact) mass is 276 g/mol. The molecule has 1 rings (SSSR count). The average molecular weight is 276 g/mol. The zero-order chi connectivity index (χ0) is 14.0. The van der Waals surface area contributed by atoms with Gasteiger partial charge in [-0.3, -0.25) is 0 Å². The van der Waals surface area contributed by atoms with Crippen molar-refractivity contribution in [3.05, 3.63) is 0 Å². The Labute approximate surface area is 116 Å². The lowest BCUT2D eigenvalue weighted by atomic mass is 9.89. The second-order valence-electron chi connectivity index (χ2n) is 5.64. The van der Waals surface area contributed by atoms with E-state index >= 15 is 0 Å². The highest BCUT2D eigenvalue weighted by molar-refractivity contribution is 4.74. The van der Waals surface area contributed by atoms with E-state index < -0.39 is 0 Å². The summed E-state index contributed by atoms with van der Waals surface area (Å²) < 4.78 is 27.7. The van der Waals surface area contributed by atoms with Crippen molar-refractivity contribution in [1.82, 2.24) is 0 Å². The van der Waals surface area contributed by atoms with E-state index in [0.717, 1.165) is 0 Å². The Morgan fingerprint density at radius 1 is 0.632 bits per heavy atom. The number of rotatable bonds is 0. The third-order valence-electron chi connectivity index (χ3n) is 2.90. The molecule has 0 N–H and O–H groups in total. The Morgan fingerprint density at radius 2 is 1.05 bits per heavy atom. The van der Waals surface area contributed by atoms with E-state index in [-0.39, 0.29) is 11.5 Å². The van der Waals surface area contributed by atoms with E-state index in [1.165, 1.54) is 0 Å². The van der Waals surface area contributed by atoms with Crippen molar-refractivity contribution in [2.45, 2.75) is 26.9 Å². The van der Waals surface area contributed by atoms with Gasteiger partial charge in [0.25, 0.3) is 0 Å². The molecule has 0 saturated carbocycles. The second kappa shape index (κ2) is 9.66. The zero-order valence-corrected chi connectivity index (χ0v) is 12.5. The molecule has 1 heterocycles. The Hall–Kier alpha value is -0.200. The van der Waals surface area contributed by atoms with Crippen LogP contribution in [-0.4, -0.2) is 65.6 Å². The molecule has 0 aliphatic carbocycles. The van der Waals surface area contributed by atoms with Crippen LogP contribution in [0.5, 0.6) is 0 Å². The van der Waals surface area contributed by atoms with Crippen LogP contribution in [0.25, 0.3) is 0 Å². The molecule has 0 aromatic rings. The van der Waals surface area contributed by atoms with Crippen molar-refractivity contribution in [2.75, 3.05) is 59.5 Å². The molecule has 1 atom stereocenters. The fourth-order valence-electron chi connectivity index (χ4n) is 1.65. The highest BCUT2D eigenvalue weighted by atomic mass is 16.6. The highest BCUT2D eigenvalue weighted by Gasteiger charge is 2.25. The van der Waals surface area contributed by atoms with E-state index in [4.69, 9.17) is 23.7 Å². The average Bonchev–Trinajstić information content (AvgIpc) is 2.35. The minimum Gasteiger partial charge on any atom is -0.377 e. The lowest BCUT2D eigenvalue weighted by molar-refractivity contribution is -0.0874. The molecule has 0 radical (unpaired) electrons. The molecular weight excluding hydrogens is 248 g/mol. The van der Waals surface area contributed by atoms with E-state index in [1.807, 2.05) is 0 Å². The molecule has 5 nitrogen and oxygen atoms in total. The van der Waals surface area contributed by atoms with Crippen LogP contribution in [0.3, 0.4) is 0 Å². The Bertz CT molecular complexity index is 198. The summed E-state index contributed by atoms with van der Waals surface area (Å²) in [5.41, 5.74) is 0.0535. The molecule has 5 heteroatoms. The first-order valence-electron chi connectivity index (χ1n) is 7.03. The van der Waals surface area contributed by atoms with E-state index in [1.54, 1.807) is 0 Å². The van der Waals surface area contributed by atoms with Gasteiger partial charge in [-0.15, -0.1) is 0 Å². The van der Waals surface area contributed by atoms with Gasteiger partial charge in [-0.25, -0.2) is 0 Å². The van der Waals surface area contributed by atoms with Crippen molar-refractivity contribution >= 4 is 0 Å². The van der Waals surface area contributed by atoms with Crippen molar-refractivity contribution in [1.29, 1.82) is 0 Å². The van der Waals surface area contributed by atoms with Gasteiger partial charge in [0.2, 0.25) is 0 Å². The van der Waals surface area contributed by atoms with Crippen molar-refractivity contribution in [3.63, 3.8) is 0 Å². The predicted molar refractivity (Wildman–Crippen MR) is 72.5 cm³/mol. The van der Waals surface area contributed by atoms with Crippen molar-refractivity contribution in [2.24, 2.45) is 5.41 Å². The highest BCUT2D eigenvalue weighted by Crippen LogP contribution is 2.22. The van der Waals surface area contributed by atoms with Gasteiger partial charge in [-0.2, -0.15) is 0 Å². The summed E-state index contributed by atoms with van der Waals surface area (Å²) >= 11 is 0. The molecular formula is C14H28O5. The SMILES string of the molecule is CC(C)(C)C1COCCOCCOCCOCCO1. The van der Waals surface area contributed by atoms with Gasteiger partial charge in [0.15, 0.2) is 0 Å². The Balaban J connectivity index is 2.34. The van der Waals surface area contributed by atoms with Crippen LogP contribution in [0, 0.1) is 5.41 Å². The van der Waals surface area contributed by atoms with Gasteiger partial charge < -0.3 is 23.7 Å². The molecule has 1 saturated heterocycles. The first-order chi connectivity index (χ1) is 9.11. The summed E-state index contributed by atoms with van der Waals surface area (Å²) in [6.45, 7) is 11.8. The van der Waals surface area contributed by atoms with Gasteiger partial charge >= 0.3 is 0 Å². The molecule has 0 bridgehead atoms. The first-order valence-corrected chi connectivity index (χ1v) is 7.03. The maximum atomic E-state index is 5.85. The van der Waals surface area contributed by atoms with E-state index in [0.29, 0.717) is 59.5 Å². The fraction of sp³-hybridized carbons (Fsp3) is 1.00. The normalized spacial score (nSPS) is 26.4. The third kappa shape index (κ3) is 8.55. The number of hydrogen-bond acceptors (Lipinski definition) is 5. The van der Waals surface area contributed by atoms with E-state index in [9.17, 15) is 0 Å². The van der Waals surface area contributed by atoms with Crippen molar-refractivity contribution < 1.29 is 23.7 Å². The lowest BCUT2D eigenvalue weighted by Crippen LogP contribution is -2.35. The summed E-state index contributed by atoms with van der Waals surface area (Å²) in [5.74, 6) is 0.